The van der Waals surface area contributed by atoms with Crippen molar-refractivity contribution in [2.24, 2.45) is 0 Å². The lowest BCUT2D eigenvalue weighted by Gasteiger charge is -2.14. The molecule has 1 aromatic carbocycles. The lowest BCUT2D eigenvalue weighted by atomic mass is 10.1. The topological polar surface area (TPSA) is 61.7 Å². The summed E-state index contributed by atoms with van der Waals surface area (Å²) < 4.78 is 5.15. The SMILES string of the molecule is OC[C@@H]1C[C@@H](NCc2ccccc2)[C@H](O)O1. The quantitative estimate of drug-likeness (QED) is 0.684. The highest BCUT2D eigenvalue weighted by molar-refractivity contribution is 5.14. The van der Waals surface area contributed by atoms with Gasteiger partial charge in [-0.2, -0.15) is 0 Å². The van der Waals surface area contributed by atoms with Crippen LogP contribution in [0, 0.1) is 0 Å². The van der Waals surface area contributed by atoms with Crippen molar-refractivity contribution < 1.29 is 14.9 Å². The van der Waals surface area contributed by atoms with E-state index in [9.17, 15) is 5.11 Å². The number of benzene rings is 1. The van der Waals surface area contributed by atoms with Crippen LogP contribution in [-0.4, -0.2) is 35.3 Å². The minimum atomic E-state index is -0.819. The Kier molecular flexibility index (Phi) is 3.90. The Morgan fingerprint density at radius 2 is 2.06 bits per heavy atom. The van der Waals surface area contributed by atoms with Gasteiger partial charge in [-0.15, -0.1) is 0 Å². The van der Waals surface area contributed by atoms with Gasteiger partial charge in [0.05, 0.1) is 18.8 Å². The third-order valence-corrected chi connectivity index (χ3v) is 2.81. The van der Waals surface area contributed by atoms with Crippen LogP contribution < -0.4 is 5.32 Å². The van der Waals surface area contributed by atoms with Crippen LogP contribution in [0.25, 0.3) is 0 Å². The molecule has 0 bridgehead atoms. The van der Waals surface area contributed by atoms with Gasteiger partial charge in [0.1, 0.15) is 0 Å². The predicted octanol–water partition coefficient (Wildman–Crippen LogP) is 0.244. The second kappa shape index (κ2) is 5.41. The van der Waals surface area contributed by atoms with E-state index < -0.39 is 6.29 Å². The average Bonchev–Trinajstić information content (AvgIpc) is 2.69. The van der Waals surface area contributed by atoms with Crippen LogP contribution in [0.2, 0.25) is 0 Å². The molecule has 1 aliphatic heterocycles. The first-order valence-electron chi connectivity index (χ1n) is 5.51. The molecule has 0 aliphatic carbocycles. The van der Waals surface area contributed by atoms with Crippen molar-refractivity contribution in [3.8, 4) is 0 Å². The molecule has 4 nitrogen and oxygen atoms in total. The Hall–Kier alpha value is -0.940. The first-order valence-corrected chi connectivity index (χ1v) is 5.51. The fraction of sp³-hybridized carbons (Fsp3) is 0.500. The maximum atomic E-state index is 9.57. The molecule has 1 aliphatic rings. The fourth-order valence-electron chi connectivity index (χ4n) is 1.89. The van der Waals surface area contributed by atoms with Crippen LogP contribution in [0.5, 0.6) is 0 Å². The summed E-state index contributed by atoms with van der Waals surface area (Å²) >= 11 is 0. The summed E-state index contributed by atoms with van der Waals surface area (Å²) in [6, 6.07) is 9.89. The highest BCUT2D eigenvalue weighted by atomic mass is 16.6. The lowest BCUT2D eigenvalue weighted by Crippen LogP contribution is -2.35. The molecule has 0 saturated carbocycles. The van der Waals surface area contributed by atoms with Crippen LogP contribution in [0.15, 0.2) is 30.3 Å². The van der Waals surface area contributed by atoms with Gasteiger partial charge >= 0.3 is 0 Å². The number of aliphatic hydroxyl groups is 2. The van der Waals surface area contributed by atoms with Gasteiger partial charge in [-0.25, -0.2) is 0 Å². The van der Waals surface area contributed by atoms with Gasteiger partial charge in [-0.05, 0) is 12.0 Å². The Bertz CT molecular complexity index is 317. The molecular weight excluding hydrogens is 206 g/mol. The summed E-state index contributed by atoms with van der Waals surface area (Å²) in [7, 11) is 0. The van der Waals surface area contributed by atoms with E-state index >= 15 is 0 Å². The summed E-state index contributed by atoms with van der Waals surface area (Å²) in [5.74, 6) is 0. The van der Waals surface area contributed by atoms with E-state index in [0.717, 1.165) is 0 Å². The van der Waals surface area contributed by atoms with Gasteiger partial charge in [-0.1, -0.05) is 30.3 Å². The highest BCUT2D eigenvalue weighted by Crippen LogP contribution is 2.18. The molecule has 1 heterocycles. The van der Waals surface area contributed by atoms with Crippen molar-refractivity contribution in [2.45, 2.75) is 31.4 Å². The van der Waals surface area contributed by atoms with E-state index in [1.165, 1.54) is 5.56 Å². The van der Waals surface area contributed by atoms with Crippen LogP contribution in [0.4, 0.5) is 0 Å². The predicted molar refractivity (Wildman–Crippen MR) is 59.7 cm³/mol. The zero-order chi connectivity index (χ0) is 11.4. The standard InChI is InChI=1S/C12H17NO3/c14-8-10-6-11(12(15)16-10)13-7-9-4-2-1-3-5-9/h1-5,10-15H,6-8H2/t10-,11+,12+/m0/s1. The lowest BCUT2D eigenvalue weighted by molar-refractivity contribution is -0.109. The third kappa shape index (κ3) is 2.80. The third-order valence-electron chi connectivity index (χ3n) is 2.81. The van der Waals surface area contributed by atoms with Gasteiger partial charge in [0.25, 0.3) is 0 Å². The average molecular weight is 223 g/mol. The van der Waals surface area contributed by atoms with E-state index in [2.05, 4.69) is 5.32 Å². The molecule has 0 unspecified atom stereocenters. The van der Waals surface area contributed by atoms with Crippen molar-refractivity contribution >= 4 is 0 Å². The van der Waals surface area contributed by atoms with Crippen molar-refractivity contribution in [3.05, 3.63) is 35.9 Å². The number of hydrogen-bond acceptors (Lipinski definition) is 4. The molecule has 0 radical (unpaired) electrons. The Morgan fingerprint density at radius 1 is 1.31 bits per heavy atom. The molecule has 1 saturated heterocycles. The molecular formula is C12H17NO3. The Labute approximate surface area is 94.9 Å². The van der Waals surface area contributed by atoms with Gasteiger partial charge < -0.3 is 20.3 Å². The Morgan fingerprint density at radius 3 is 2.69 bits per heavy atom. The van der Waals surface area contributed by atoms with Crippen LogP contribution in [-0.2, 0) is 11.3 Å². The van der Waals surface area contributed by atoms with E-state index in [-0.39, 0.29) is 18.8 Å². The molecule has 2 rings (SSSR count). The number of aliphatic hydroxyl groups excluding tert-OH is 2. The van der Waals surface area contributed by atoms with E-state index in [0.29, 0.717) is 13.0 Å². The summed E-state index contributed by atoms with van der Waals surface area (Å²) in [6.45, 7) is 0.657. The Balaban J connectivity index is 1.82. The van der Waals surface area contributed by atoms with Crippen LogP contribution >= 0.6 is 0 Å². The maximum Gasteiger partial charge on any atom is 0.170 e. The van der Waals surface area contributed by atoms with Crippen molar-refractivity contribution in [2.75, 3.05) is 6.61 Å². The number of hydrogen-bond donors (Lipinski definition) is 3. The van der Waals surface area contributed by atoms with Gasteiger partial charge in [0, 0.05) is 6.54 Å². The second-order valence-corrected chi connectivity index (χ2v) is 4.04. The zero-order valence-electron chi connectivity index (χ0n) is 9.04. The van der Waals surface area contributed by atoms with Crippen LogP contribution in [0.3, 0.4) is 0 Å². The maximum absolute atomic E-state index is 9.57. The highest BCUT2D eigenvalue weighted by Gasteiger charge is 2.32. The molecule has 3 N–H and O–H groups in total. The summed E-state index contributed by atoms with van der Waals surface area (Å²) in [4.78, 5) is 0. The molecule has 16 heavy (non-hydrogen) atoms. The first kappa shape index (κ1) is 11.5. The molecule has 4 heteroatoms. The van der Waals surface area contributed by atoms with E-state index in [1.54, 1.807) is 0 Å². The second-order valence-electron chi connectivity index (χ2n) is 4.04. The van der Waals surface area contributed by atoms with Gasteiger partial charge in [0.2, 0.25) is 0 Å². The smallest absolute Gasteiger partial charge is 0.170 e. The molecule has 0 aromatic heterocycles. The zero-order valence-corrected chi connectivity index (χ0v) is 9.04. The first-order chi connectivity index (χ1) is 7.79. The summed E-state index contributed by atoms with van der Waals surface area (Å²) in [5.41, 5.74) is 1.17. The van der Waals surface area contributed by atoms with Gasteiger partial charge in [-0.3, -0.25) is 0 Å². The molecule has 0 spiro atoms. The van der Waals surface area contributed by atoms with Gasteiger partial charge in [0.15, 0.2) is 6.29 Å². The molecule has 88 valence electrons. The monoisotopic (exact) mass is 223 g/mol. The van der Waals surface area contributed by atoms with Crippen molar-refractivity contribution in [3.63, 3.8) is 0 Å². The van der Waals surface area contributed by atoms with Crippen molar-refractivity contribution in [1.29, 1.82) is 0 Å². The number of nitrogens with one attached hydrogen (secondary N) is 1. The summed E-state index contributed by atoms with van der Waals surface area (Å²) in [6.07, 6.45) is -0.422. The van der Waals surface area contributed by atoms with E-state index in [4.69, 9.17) is 9.84 Å². The normalized spacial score (nSPS) is 29.5. The minimum absolute atomic E-state index is 0.0411. The van der Waals surface area contributed by atoms with Crippen molar-refractivity contribution in [1.82, 2.24) is 5.32 Å². The fourth-order valence-corrected chi connectivity index (χ4v) is 1.89. The largest absolute Gasteiger partial charge is 0.394 e. The number of ether oxygens (including phenoxy) is 1. The molecule has 1 fully saturated rings. The number of rotatable bonds is 4. The minimum Gasteiger partial charge on any atom is -0.394 e. The summed E-state index contributed by atoms with van der Waals surface area (Å²) in [5, 5.41) is 21.7. The molecule has 0 amide bonds. The van der Waals surface area contributed by atoms with E-state index in [1.807, 2.05) is 30.3 Å². The molecule has 3 atom stereocenters. The van der Waals surface area contributed by atoms with Crippen LogP contribution in [0.1, 0.15) is 12.0 Å². The molecule has 1 aromatic rings.